The molecule has 0 aliphatic carbocycles. The number of rotatable bonds is 10. The molecule has 0 saturated heterocycles. The first-order chi connectivity index (χ1) is 10.1. The molecule has 118 valence electrons. The van der Waals surface area contributed by atoms with Crippen LogP contribution in [0.15, 0.2) is 30.8 Å². The highest BCUT2D eigenvalue weighted by Crippen LogP contribution is 2.18. The maximum Gasteiger partial charge on any atom is 0.372 e. The molecule has 0 atom stereocenters. The second-order valence-corrected chi connectivity index (χ2v) is 8.51. The third-order valence-corrected chi connectivity index (χ3v) is 7.19. The average molecular weight is 308 g/mol. The molecule has 0 aliphatic rings. The van der Waals surface area contributed by atoms with Gasteiger partial charge in [0.1, 0.15) is 0 Å². The van der Waals surface area contributed by atoms with Gasteiger partial charge in [-0.2, -0.15) is 0 Å². The monoisotopic (exact) mass is 307 g/mol. The van der Waals surface area contributed by atoms with E-state index in [0.29, 0.717) is 13.2 Å². The molecule has 1 aromatic rings. The fourth-order valence-electron chi connectivity index (χ4n) is 2.46. The van der Waals surface area contributed by atoms with Crippen LogP contribution in [-0.4, -0.2) is 47.3 Å². The van der Waals surface area contributed by atoms with Crippen LogP contribution in [0.5, 0.6) is 0 Å². The van der Waals surface area contributed by atoms with E-state index >= 15 is 0 Å². The molecule has 0 aromatic heterocycles. The first-order valence-corrected chi connectivity index (χ1v) is 9.76. The predicted molar refractivity (Wildman–Crippen MR) is 93.2 cm³/mol. The maximum absolute atomic E-state index is 6.18. The van der Waals surface area contributed by atoms with E-state index in [-0.39, 0.29) is 0 Å². The van der Waals surface area contributed by atoms with Gasteiger partial charge in [0.25, 0.3) is 0 Å². The summed E-state index contributed by atoms with van der Waals surface area (Å²) in [5, 5.41) is 1.22. The Hall–Kier alpha value is -0.943. The Morgan fingerprint density at radius 2 is 1.67 bits per heavy atom. The van der Waals surface area contributed by atoms with Crippen LogP contribution < -0.4 is 5.19 Å². The molecule has 0 heterocycles. The standard InChI is InChI=1S/C17H29NO2Si/c1-6-16-10-12-17(13-11-16)21(19-7-2,20-8-3)15-9-14-18(4)5/h6,10-13H,1,7-9,14-15H2,2-5H3. The minimum Gasteiger partial charge on any atom is -0.391 e. The van der Waals surface area contributed by atoms with E-state index in [1.165, 1.54) is 5.19 Å². The second-order valence-electron chi connectivity index (χ2n) is 5.35. The van der Waals surface area contributed by atoms with E-state index in [1.807, 2.05) is 19.9 Å². The summed E-state index contributed by atoms with van der Waals surface area (Å²) in [4.78, 5) is 2.21. The van der Waals surface area contributed by atoms with Crippen molar-refractivity contribution in [1.82, 2.24) is 4.90 Å². The number of benzene rings is 1. The van der Waals surface area contributed by atoms with Crippen LogP contribution in [-0.2, 0) is 8.85 Å². The quantitative estimate of drug-likeness (QED) is 0.620. The van der Waals surface area contributed by atoms with Crippen molar-refractivity contribution in [3.8, 4) is 0 Å². The van der Waals surface area contributed by atoms with Crippen molar-refractivity contribution in [2.75, 3.05) is 33.9 Å². The zero-order valence-electron chi connectivity index (χ0n) is 13.9. The summed E-state index contributed by atoms with van der Waals surface area (Å²) in [6.07, 6.45) is 2.95. The summed E-state index contributed by atoms with van der Waals surface area (Å²) in [7, 11) is 1.87. The largest absolute Gasteiger partial charge is 0.391 e. The molecule has 0 N–H and O–H groups in total. The molecule has 21 heavy (non-hydrogen) atoms. The van der Waals surface area contributed by atoms with Crippen LogP contribution in [0.4, 0.5) is 0 Å². The van der Waals surface area contributed by atoms with Crippen molar-refractivity contribution in [2.45, 2.75) is 26.3 Å². The summed E-state index contributed by atoms with van der Waals surface area (Å²) in [5.74, 6) is 0. The second kappa shape index (κ2) is 9.15. The van der Waals surface area contributed by atoms with Gasteiger partial charge in [0.05, 0.1) is 0 Å². The van der Waals surface area contributed by atoms with Gasteiger partial charge >= 0.3 is 8.56 Å². The normalized spacial score (nSPS) is 11.9. The highest BCUT2D eigenvalue weighted by molar-refractivity contribution is 6.81. The van der Waals surface area contributed by atoms with Gasteiger partial charge in [0.2, 0.25) is 0 Å². The van der Waals surface area contributed by atoms with Gasteiger partial charge in [0.15, 0.2) is 0 Å². The van der Waals surface area contributed by atoms with Crippen LogP contribution in [0.1, 0.15) is 25.8 Å². The van der Waals surface area contributed by atoms with Crippen molar-refractivity contribution >= 4 is 19.8 Å². The van der Waals surface area contributed by atoms with Gasteiger partial charge in [-0.25, -0.2) is 0 Å². The molecule has 0 saturated carbocycles. The lowest BCUT2D eigenvalue weighted by Gasteiger charge is -2.31. The summed E-state index contributed by atoms with van der Waals surface area (Å²) in [5.41, 5.74) is 1.13. The van der Waals surface area contributed by atoms with E-state index < -0.39 is 8.56 Å². The molecule has 1 aromatic carbocycles. The molecule has 1 rings (SSSR count). The van der Waals surface area contributed by atoms with E-state index in [0.717, 1.165) is 24.6 Å². The van der Waals surface area contributed by atoms with Crippen LogP contribution in [0.25, 0.3) is 6.08 Å². The molecule has 0 aliphatic heterocycles. The van der Waals surface area contributed by atoms with E-state index in [1.54, 1.807) is 0 Å². The van der Waals surface area contributed by atoms with Gasteiger partial charge < -0.3 is 13.8 Å². The fourth-order valence-corrected chi connectivity index (χ4v) is 5.69. The minimum absolute atomic E-state index is 0.692. The molecule has 0 fully saturated rings. The van der Waals surface area contributed by atoms with Crippen LogP contribution in [0, 0.1) is 0 Å². The first-order valence-electron chi connectivity index (χ1n) is 7.73. The Balaban J connectivity index is 2.98. The molecule has 3 nitrogen and oxygen atoms in total. The lowest BCUT2D eigenvalue weighted by Crippen LogP contribution is -2.54. The zero-order valence-corrected chi connectivity index (χ0v) is 14.9. The minimum atomic E-state index is -2.34. The summed E-state index contributed by atoms with van der Waals surface area (Å²) < 4.78 is 12.4. The fraction of sp³-hybridized carbons (Fsp3) is 0.529. The molecular weight excluding hydrogens is 278 g/mol. The van der Waals surface area contributed by atoms with Crippen molar-refractivity contribution in [1.29, 1.82) is 0 Å². The molecule has 0 bridgehead atoms. The van der Waals surface area contributed by atoms with Crippen molar-refractivity contribution in [3.05, 3.63) is 36.4 Å². The third kappa shape index (κ3) is 5.40. The van der Waals surface area contributed by atoms with E-state index in [4.69, 9.17) is 8.85 Å². The Morgan fingerprint density at radius 1 is 1.10 bits per heavy atom. The van der Waals surface area contributed by atoms with Crippen LogP contribution in [0.2, 0.25) is 6.04 Å². The topological polar surface area (TPSA) is 21.7 Å². The van der Waals surface area contributed by atoms with Crippen LogP contribution >= 0.6 is 0 Å². The van der Waals surface area contributed by atoms with Gasteiger partial charge in [-0.3, -0.25) is 0 Å². The molecule has 0 unspecified atom stereocenters. The smallest absolute Gasteiger partial charge is 0.372 e. The molecule has 0 amide bonds. The number of nitrogens with zero attached hydrogens (tertiary/aromatic N) is 1. The first kappa shape index (κ1) is 18.1. The summed E-state index contributed by atoms with van der Waals surface area (Å²) in [6, 6.07) is 9.46. The van der Waals surface area contributed by atoms with Gasteiger partial charge in [-0.15, -0.1) is 0 Å². The van der Waals surface area contributed by atoms with Crippen molar-refractivity contribution < 1.29 is 8.85 Å². The lowest BCUT2D eigenvalue weighted by molar-refractivity contribution is 0.194. The average Bonchev–Trinajstić information content (AvgIpc) is 2.47. The van der Waals surface area contributed by atoms with Crippen molar-refractivity contribution in [2.24, 2.45) is 0 Å². The summed E-state index contributed by atoms with van der Waals surface area (Å²) >= 11 is 0. The molecular formula is C17H29NO2Si. The highest BCUT2D eigenvalue weighted by atomic mass is 28.4. The van der Waals surface area contributed by atoms with Gasteiger partial charge in [0, 0.05) is 13.2 Å². The Kier molecular flexibility index (Phi) is 7.89. The SMILES string of the molecule is C=Cc1ccc([Si](CCCN(C)C)(OCC)OCC)cc1. The third-order valence-electron chi connectivity index (χ3n) is 3.45. The Bertz CT molecular complexity index is 411. The molecule has 0 spiro atoms. The lowest BCUT2D eigenvalue weighted by atomic mass is 10.2. The number of hydrogen-bond acceptors (Lipinski definition) is 3. The maximum atomic E-state index is 6.18. The van der Waals surface area contributed by atoms with Gasteiger partial charge in [-0.1, -0.05) is 36.9 Å². The predicted octanol–water partition coefficient (Wildman–Crippen LogP) is 3.00. The Labute approximate surface area is 130 Å². The van der Waals surface area contributed by atoms with Crippen molar-refractivity contribution in [3.63, 3.8) is 0 Å². The van der Waals surface area contributed by atoms with Crippen LogP contribution in [0.3, 0.4) is 0 Å². The zero-order chi connectivity index (χ0) is 15.7. The van der Waals surface area contributed by atoms with Gasteiger partial charge in [-0.05, 0) is 57.7 Å². The van der Waals surface area contributed by atoms with E-state index in [9.17, 15) is 0 Å². The molecule has 4 heteroatoms. The van der Waals surface area contributed by atoms with E-state index in [2.05, 4.69) is 49.8 Å². The number of hydrogen-bond donors (Lipinski definition) is 0. The highest BCUT2D eigenvalue weighted by Gasteiger charge is 2.39. The summed E-state index contributed by atoms with van der Waals surface area (Å²) in [6.45, 7) is 10.3. The Morgan fingerprint density at radius 3 is 2.10 bits per heavy atom. The molecule has 0 radical (unpaired) electrons.